The number of carbonyl (C=O) groups excluding carboxylic acids is 1. The van der Waals surface area contributed by atoms with E-state index in [0.29, 0.717) is 0 Å². The van der Waals surface area contributed by atoms with Crippen molar-refractivity contribution in [3.05, 3.63) is 41.7 Å². The molecule has 0 bridgehead atoms. The van der Waals surface area contributed by atoms with E-state index in [4.69, 9.17) is 0 Å². The van der Waals surface area contributed by atoms with Crippen LogP contribution in [-0.4, -0.2) is 15.9 Å². The number of nitrogens with zero attached hydrogens (tertiary/aromatic N) is 2. The van der Waals surface area contributed by atoms with Crippen LogP contribution in [-0.2, 0) is 4.79 Å². The van der Waals surface area contributed by atoms with Gasteiger partial charge in [-0.3, -0.25) is 4.79 Å². The molecule has 22 heavy (non-hydrogen) atoms. The molecule has 116 valence electrons. The first-order valence-corrected chi connectivity index (χ1v) is 8.20. The van der Waals surface area contributed by atoms with E-state index >= 15 is 0 Å². The Labute approximate surface area is 135 Å². The van der Waals surface area contributed by atoms with Gasteiger partial charge in [0.05, 0.1) is 0 Å². The van der Waals surface area contributed by atoms with E-state index in [-0.39, 0.29) is 11.8 Å². The van der Waals surface area contributed by atoms with Gasteiger partial charge < -0.3 is 5.32 Å². The summed E-state index contributed by atoms with van der Waals surface area (Å²) in [6.45, 7) is 7.86. The molecule has 0 unspecified atom stereocenters. The quantitative estimate of drug-likeness (QED) is 0.839. The lowest BCUT2D eigenvalue weighted by molar-refractivity contribution is -0.119. The van der Waals surface area contributed by atoms with Gasteiger partial charge in [-0.05, 0) is 62.4 Å². The second-order valence-electron chi connectivity index (χ2n) is 5.36. The van der Waals surface area contributed by atoms with Gasteiger partial charge in [0, 0.05) is 27.9 Å². The Morgan fingerprint density at radius 1 is 1.18 bits per heavy atom. The molecular formula is C17H21N3OS. The Morgan fingerprint density at radius 3 is 2.32 bits per heavy atom. The van der Waals surface area contributed by atoms with E-state index in [2.05, 4.69) is 15.3 Å². The van der Waals surface area contributed by atoms with Gasteiger partial charge >= 0.3 is 0 Å². The first-order chi connectivity index (χ1) is 10.5. The van der Waals surface area contributed by atoms with Gasteiger partial charge in [-0.2, -0.15) is 0 Å². The van der Waals surface area contributed by atoms with E-state index in [0.717, 1.165) is 33.5 Å². The smallest absolute Gasteiger partial charge is 0.227 e. The third kappa shape index (κ3) is 4.56. The number of benzene rings is 1. The average Bonchev–Trinajstić information content (AvgIpc) is 2.47. The molecule has 1 aromatic heterocycles. The highest BCUT2D eigenvalue weighted by atomic mass is 32.2. The number of carbonyl (C=O) groups is 1. The minimum atomic E-state index is 0.0257. The third-order valence-corrected chi connectivity index (χ3v) is 4.23. The fourth-order valence-electron chi connectivity index (χ4n) is 1.90. The summed E-state index contributed by atoms with van der Waals surface area (Å²) in [4.78, 5) is 21.7. The molecule has 4 nitrogen and oxygen atoms in total. The minimum Gasteiger partial charge on any atom is -0.326 e. The molecule has 0 aliphatic rings. The van der Waals surface area contributed by atoms with Gasteiger partial charge in [0.2, 0.25) is 5.91 Å². The highest BCUT2D eigenvalue weighted by Gasteiger charge is 2.10. The van der Waals surface area contributed by atoms with Crippen LogP contribution in [0.1, 0.15) is 31.7 Å². The van der Waals surface area contributed by atoms with Crippen molar-refractivity contribution in [3.8, 4) is 0 Å². The average molecular weight is 315 g/mol. The molecule has 2 aromatic rings. The maximum Gasteiger partial charge on any atom is 0.227 e. The number of anilines is 1. The predicted molar refractivity (Wildman–Crippen MR) is 90.2 cm³/mol. The number of hydrogen-bond donors (Lipinski definition) is 1. The second-order valence-corrected chi connectivity index (χ2v) is 6.40. The summed E-state index contributed by atoms with van der Waals surface area (Å²) < 4.78 is 0. The third-order valence-electron chi connectivity index (χ3n) is 3.35. The molecule has 1 atom stereocenters. The van der Waals surface area contributed by atoms with Gasteiger partial charge in [0.15, 0.2) is 5.16 Å². The van der Waals surface area contributed by atoms with E-state index in [1.165, 1.54) is 11.8 Å². The Kier molecular flexibility index (Phi) is 5.55. The van der Waals surface area contributed by atoms with E-state index in [1.54, 1.807) is 0 Å². The van der Waals surface area contributed by atoms with Crippen molar-refractivity contribution in [3.63, 3.8) is 0 Å². The predicted octanol–water partition coefficient (Wildman–Crippen LogP) is 4.23. The van der Waals surface area contributed by atoms with Crippen LogP contribution in [0.15, 0.2) is 40.4 Å². The zero-order valence-electron chi connectivity index (χ0n) is 13.4. The van der Waals surface area contributed by atoms with Crippen molar-refractivity contribution in [2.24, 2.45) is 5.92 Å². The Bertz CT molecular complexity index is 635. The number of nitrogens with one attached hydrogen (secondary N) is 1. The van der Waals surface area contributed by atoms with Crippen LogP contribution in [0, 0.1) is 19.8 Å². The summed E-state index contributed by atoms with van der Waals surface area (Å²) in [6.07, 6.45) is 0.837. The highest BCUT2D eigenvalue weighted by Crippen LogP contribution is 2.26. The lowest BCUT2D eigenvalue weighted by Gasteiger charge is -2.10. The zero-order valence-corrected chi connectivity index (χ0v) is 14.2. The van der Waals surface area contributed by atoms with Crippen molar-refractivity contribution < 1.29 is 4.79 Å². The molecule has 0 saturated carbocycles. The number of aryl methyl sites for hydroxylation is 2. The van der Waals surface area contributed by atoms with Crippen LogP contribution in [0.5, 0.6) is 0 Å². The first-order valence-electron chi connectivity index (χ1n) is 7.39. The van der Waals surface area contributed by atoms with Crippen LogP contribution in [0.2, 0.25) is 0 Å². The maximum absolute atomic E-state index is 11.9. The molecule has 2 rings (SSSR count). The molecule has 0 spiro atoms. The summed E-state index contributed by atoms with van der Waals surface area (Å²) in [5, 5.41) is 3.67. The Morgan fingerprint density at radius 2 is 1.77 bits per heavy atom. The molecule has 0 radical (unpaired) electrons. The van der Waals surface area contributed by atoms with Crippen LogP contribution in [0.3, 0.4) is 0 Å². The summed E-state index contributed by atoms with van der Waals surface area (Å²) in [6, 6.07) is 9.71. The van der Waals surface area contributed by atoms with E-state index < -0.39 is 0 Å². The summed E-state index contributed by atoms with van der Waals surface area (Å²) in [5.74, 6) is 0.0817. The number of aromatic nitrogens is 2. The fraction of sp³-hybridized carbons (Fsp3) is 0.353. The van der Waals surface area contributed by atoms with Gasteiger partial charge in [0.1, 0.15) is 0 Å². The number of amides is 1. The summed E-state index contributed by atoms with van der Waals surface area (Å²) >= 11 is 1.52. The largest absolute Gasteiger partial charge is 0.326 e. The second kappa shape index (κ2) is 7.40. The van der Waals surface area contributed by atoms with Crippen molar-refractivity contribution in [1.29, 1.82) is 0 Å². The Balaban J connectivity index is 2.04. The molecule has 5 heteroatoms. The molecule has 1 N–H and O–H groups in total. The molecule has 0 saturated heterocycles. The van der Waals surface area contributed by atoms with E-state index in [9.17, 15) is 4.79 Å². The molecular weight excluding hydrogens is 294 g/mol. The molecule has 0 aliphatic heterocycles. The number of hydrogen-bond acceptors (Lipinski definition) is 4. The van der Waals surface area contributed by atoms with Gasteiger partial charge in [0.25, 0.3) is 0 Å². The highest BCUT2D eigenvalue weighted by molar-refractivity contribution is 7.99. The lowest BCUT2D eigenvalue weighted by atomic mass is 10.1. The van der Waals surface area contributed by atoms with Crippen molar-refractivity contribution in [2.75, 3.05) is 5.32 Å². The minimum absolute atomic E-state index is 0.0257. The monoisotopic (exact) mass is 315 g/mol. The summed E-state index contributed by atoms with van der Waals surface area (Å²) in [5.41, 5.74) is 2.75. The van der Waals surface area contributed by atoms with Crippen LogP contribution < -0.4 is 5.32 Å². The molecule has 1 heterocycles. The normalized spacial score (nSPS) is 12.0. The van der Waals surface area contributed by atoms with Gasteiger partial charge in [-0.1, -0.05) is 13.8 Å². The maximum atomic E-state index is 11.9. The molecule has 1 amide bonds. The summed E-state index contributed by atoms with van der Waals surface area (Å²) in [7, 11) is 0. The van der Waals surface area contributed by atoms with Crippen molar-refractivity contribution in [1.82, 2.24) is 9.97 Å². The molecule has 0 aliphatic carbocycles. The van der Waals surface area contributed by atoms with E-state index in [1.807, 2.05) is 58.0 Å². The van der Waals surface area contributed by atoms with Crippen LogP contribution in [0.4, 0.5) is 5.69 Å². The lowest BCUT2D eigenvalue weighted by Crippen LogP contribution is -2.19. The topological polar surface area (TPSA) is 54.9 Å². The standard InChI is InChI=1S/C17H21N3OS/c1-5-11(2)16(21)20-14-6-8-15(9-7-14)22-17-18-12(3)10-13(4)19-17/h6-11H,5H2,1-4H3,(H,20,21)/t11-/m1/s1. The fourth-order valence-corrected chi connectivity index (χ4v) is 2.76. The van der Waals surface area contributed by atoms with Crippen LogP contribution >= 0.6 is 11.8 Å². The zero-order chi connectivity index (χ0) is 16.1. The van der Waals surface area contributed by atoms with Crippen molar-refractivity contribution >= 4 is 23.4 Å². The van der Waals surface area contributed by atoms with Crippen LogP contribution in [0.25, 0.3) is 0 Å². The number of rotatable bonds is 5. The van der Waals surface area contributed by atoms with Gasteiger partial charge in [-0.15, -0.1) is 0 Å². The first kappa shape index (κ1) is 16.5. The molecule has 1 aromatic carbocycles. The SMILES string of the molecule is CC[C@@H](C)C(=O)Nc1ccc(Sc2nc(C)cc(C)n2)cc1. The van der Waals surface area contributed by atoms with Gasteiger partial charge in [-0.25, -0.2) is 9.97 Å². The molecule has 0 fully saturated rings. The Hall–Kier alpha value is -1.88. The van der Waals surface area contributed by atoms with Crippen molar-refractivity contribution in [2.45, 2.75) is 44.2 Å².